The van der Waals surface area contributed by atoms with Crippen molar-refractivity contribution in [1.82, 2.24) is 4.90 Å². The zero-order valence-electron chi connectivity index (χ0n) is 15.2. The molecule has 3 aliphatic rings. The number of hydrogen-bond acceptors (Lipinski definition) is 3. The normalized spacial score (nSPS) is 32.5. The van der Waals surface area contributed by atoms with Gasteiger partial charge >= 0.3 is 0 Å². The van der Waals surface area contributed by atoms with Crippen LogP contribution in [-0.2, 0) is 4.79 Å². The second kappa shape index (κ2) is 7.47. The molecular weight excluding hydrogens is 366 g/mol. The zero-order valence-corrected chi connectivity index (χ0v) is 16.8. The number of carbonyl (C=O) groups is 2. The van der Waals surface area contributed by atoms with Gasteiger partial charge in [-0.25, -0.2) is 0 Å². The number of Topliss-reactive ketones (excluding diaryl/α,β-unsaturated/α-hetero) is 1. The molecule has 0 saturated carbocycles. The summed E-state index contributed by atoms with van der Waals surface area (Å²) >= 11 is 7.73. The van der Waals surface area contributed by atoms with Crippen LogP contribution in [0.25, 0.3) is 0 Å². The van der Waals surface area contributed by atoms with Crippen molar-refractivity contribution < 1.29 is 9.59 Å². The summed E-state index contributed by atoms with van der Waals surface area (Å²) in [6.07, 6.45) is 9.15. The summed E-state index contributed by atoms with van der Waals surface area (Å²) < 4.78 is 0. The number of piperidine rings is 1. The van der Waals surface area contributed by atoms with Gasteiger partial charge in [0, 0.05) is 30.5 Å². The molecule has 2 aliphatic carbocycles. The number of alkyl halides is 1. The summed E-state index contributed by atoms with van der Waals surface area (Å²) in [6, 6.07) is 0. The molecule has 26 heavy (non-hydrogen) atoms. The molecule has 1 aromatic rings. The number of halogens is 1. The number of allylic oxidation sites excluding steroid dienone is 2. The SMILES string of the molecule is C[C@@H]1c2cscc2C(=O)CC1C(=O)N1CCC(C2C=CC(Cl)CC2)CC1. The quantitative estimate of drug-likeness (QED) is 0.533. The first-order valence-corrected chi connectivity index (χ1v) is 11.1. The van der Waals surface area contributed by atoms with E-state index in [-0.39, 0.29) is 28.9 Å². The van der Waals surface area contributed by atoms with Crippen molar-refractivity contribution >= 4 is 34.6 Å². The fraction of sp³-hybridized carbons (Fsp3) is 0.619. The van der Waals surface area contributed by atoms with Gasteiger partial charge in [-0.15, -0.1) is 11.6 Å². The second-order valence-corrected chi connectivity index (χ2v) is 9.37. The molecule has 1 amide bonds. The zero-order chi connectivity index (χ0) is 18.3. The summed E-state index contributed by atoms with van der Waals surface area (Å²) in [5, 5.41) is 4.17. The van der Waals surface area contributed by atoms with Gasteiger partial charge in [0.05, 0.1) is 11.3 Å². The Bertz CT molecular complexity index is 719. The molecule has 0 bridgehead atoms. The van der Waals surface area contributed by atoms with Gasteiger partial charge in [0.1, 0.15) is 0 Å². The Hall–Kier alpha value is -1.13. The van der Waals surface area contributed by atoms with Crippen LogP contribution < -0.4 is 0 Å². The monoisotopic (exact) mass is 391 g/mol. The minimum Gasteiger partial charge on any atom is -0.342 e. The van der Waals surface area contributed by atoms with E-state index >= 15 is 0 Å². The molecule has 4 atom stereocenters. The van der Waals surface area contributed by atoms with Gasteiger partial charge in [-0.3, -0.25) is 9.59 Å². The summed E-state index contributed by atoms with van der Waals surface area (Å²) in [4.78, 5) is 27.5. The van der Waals surface area contributed by atoms with Crippen LogP contribution in [0.2, 0.25) is 0 Å². The summed E-state index contributed by atoms with van der Waals surface area (Å²) in [7, 11) is 0. The largest absolute Gasteiger partial charge is 0.342 e. The molecule has 140 valence electrons. The van der Waals surface area contributed by atoms with Crippen molar-refractivity contribution in [2.45, 2.75) is 50.3 Å². The number of rotatable bonds is 2. The lowest BCUT2D eigenvalue weighted by molar-refractivity contribution is -0.137. The summed E-state index contributed by atoms with van der Waals surface area (Å²) in [5.41, 5.74) is 1.91. The molecule has 1 fully saturated rings. The van der Waals surface area contributed by atoms with Crippen LogP contribution in [0.15, 0.2) is 22.9 Å². The molecule has 2 heterocycles. The highest BCUT2D eigenvalue weighted by molar-refractivity contribution is 7.08. The molecule has 1 aromatic heterocycles. The van der Waals surface area contributed by atoms with E-state index in [4.69, 9.17) is 11.6 Å². The second-order valence-electron chi connectivity index (χ2n) is 8.07. The first kappa shape index (κ1) is 18.2. The predicted molar refractivity (Wildman–Crippen MR) is 106 cm³/mol. The first-order valence-electron chi connectivity index (χ1n) is 9.75. The number of hydrogen-bond donors (Lipinski definition) is 0. The van der Waals surface area contributed by atoms with E-state index in [9.17, 15) is 9.59 Å². The lowest BCUT2D eigenvalue weighted by Crippen LogP contribution is -2.45. The van der Waals surface area contributed by atoms with E-state index < -0.39 is 0 Å². The Morgan fingerprint density at radius 1 is 1.15 bits per heavy atom. The molecule has 3 nitrogen and oxygen atoms in total. The van der Waals surface area contributed by atoms with Crippen molar-refractivity contribution in [2.24, 2.45) is 17.8 Å². The van der Waals surface area contributed by atoms with Crippen molar-refractivity contribution in [3.05, 3.63) is 34.0 Å². The third kappa shape index (κ3) is 3.38. The number of ketones is 1. The predicted octanol–water partition coefficient (Wildman–Crippen LogP) is 4.87. The van der Waals surface area contributed by atoms with E-state index in [1.54, 1.807) is 11.3 Å². The van der Waals surface area contributed by atoms with Gasteiger partial charge in [0.15, 0.2) is 5.78 Å². The fourth-order valence-corrected chi connectivity index (χ4v) is 6.04. The number of amides is 1. The number of thiophene rings is 1. The van der Waals surface area contributed by atoms with Crippen LogP contribution in [0.1, 0.15) is 60.9 Å². The number of nitrogens with zero attached hydrogens (tertiary/aromatic N) is 1. The van der Waals surface area contributed by atoms with Crippen LogP contribution in [0.5, 0.6) is 0 Å². The molecule has 1 saturated heterocycles. The number of carbonyl (C=O) groups excluding carboxylic acids is 2. The third-order valence-electron chi connectivity index (χ3n) is 6.61. The van der Waals surface area contributed by atoms with Gasteiger partial charge in [-0.1, -0.05) is 19.1 Å². The first-order chi connectivity index (χ1) is 12.5. The highest BCUT2D eigenvalue weighted by Gasteiger charge is 2.39. The maximum absolute atomic E-state index is 13.1. The van der Waals surface area contributed by atoms with Gasteiger partial charge < -0.3 is 4.90 Å². The smallest absolute Gasteiger partial charge is 0.226 e. The Kier molecular flexibility index (Phi) is 5.24. The van der Waals surface area contributed by atoms with E-state index in [0.29, 0.717) is 18.3 Å². The minimum absolute atomic E-state index is 0.135. The Morgan fingerprint density at radius 3 is 2.62 bits per heavy atom. The maximum Gasteiger partial charge on any atom is 0.226 e. The third-order valence-corrected chi connectivity index (χ3v) is 7.73. The van der Waals surface area contributed by atoms with Crippen molar-refractivity contribution in [1.29, 1.82) is 0 Å². The lowest BCUT2D eigenvalue weighted by atomic mass is 9.75. The number of likely N-dealkylation sites (tertiary alicyclic amines) is 1. The van der Waals surface area contributed by atoms with Gasteiger partial charge in [0.25, 0.3) is 0 Å². The van der Waals surface area contributed by atoms with Crippen LogP contribution in [0.3, 0.4) is 0 Å². The summed E-state index contributed by atoms with van der Waals surface area (Å²) in [5.74, 6) is 1.55. The molecule has 4 rings (SSSR count). The van der Waals surface area contributed by atoms with E-state index in [2.05, 4.69) is 19.1 Å². The summed E-state index contributed by atoms with van der Waals surface area (Å²) in [6.45, 7) is 3.75. The molecule has 0 spiro atoms. The van der Waals surface area contributed by atoms with Crippen molar-refractivity contribution in [2.75, 3.05) is 13.1 Å². The lowest BCUT2D eigenvalue weighted by Gasteiger charge is -2.39. The Morgan fingerprint density at radius 2 is 1.92 bits per heavy atom. The van der Waals surface area contributed by atoms with Gasteiger partial charge in [-0.2, -0.15) is 11.3 Å². The standard InChI is InChI=1S/C21H26ClNO2S/c1-13-17(10-20(24)19-12-26-11-18(13)19)21(25)23-8-6-15(7-9-23)14-2-4-16(22)5-3-14/h2,4,11-17H,3,5-10H2,1H3/t13-,14?,16?,17?/m0/s1. The van der Waals surface area contributed by atoms with Crippen molar-refractivity contribution in [3.63, 3.8) is 0 Å². The Labute approximate surface area is 164 Å². The van der Waals surface area contributed by atoms with Crippen molar-refractivity contribution in [3.8, 4) is 0 Å². The molecule has 5 heteroatoms. The highest BCUT2D eigenvalue weighted by Crippen LogP contribution is 2.40. The average Bonchev–Trinajstić information content (AvgIpc) is 3.16. The highest BCUT2D eigenvalue weighted by atomic mass is 35.5. The van der Waals surface area contributed by atoms with Crippen LogP contribution >= 0.6 is 22.9 Å². The van der Waals surface area contributed by atoms with E-state index in [0.717, 1.165) is 43.5 Å². The molecule has 1 aliphatic heterocycles. The molecular formula is C21H26ClNO2S. The minimum atomic E-state index is -0.187. The average molecular weight is 392 g/mol. The van der Waals surface area contributed by atoms with Crippen LogP contribution in [0.4, 0.5) is 0 Å². The van der Waals surface area contributed by atoms with E-state index in [1.165, 1.54) is 6.42 Å². The maximum atomic E-state index is 13.1. The van der Waals surface area contributed by atoms with Crippen LogP contribution in [0, 0.1) is 17.8 Å². The molecule has 0 aromatic carbocycles. The molecule has 3 unspecified atom stereocenters. The van der Waals surface area contributed by atoms with Gasteiger partial charge in [-0.05, 0) is 54.4 Å². The van der Waals surface area contributed by atoms with Crippen LogP contribution in [-0.4, -0.2) is 35.1 Å². The Balaban J connectivity index is 1.38. The molecule has 0 radical (unpaired) electrons. The topological polar surface area (TPSA) is 37.4 Å². The molecule has 0 N–H and O–H groups in total. The fourth-order valence-electron chi connectivity index (χ4n) is 4.87. The van der Waals surface area contributed by atoms with E-state index in [1.807, 2.05) is 15.7 Å². The van der Waals surface area contributed by atoms with Gasteiger partial charge in [0.2, 0.25) is 5.91 Å². The number of fused-ring (bicyclic) bond motifs is 1.